The molecule has 2 fully saturated rings. The minimum Gasteiger partial charge on any atom is -0.459 e. The number of fused-ring (bicyclic) bond motifs is 1. The largest absolute Gasteiger partial charge is 0.459 e. The molecule has 1 amide bonds. The fourth-order valence-electron chi connectivity index (χ4n) is 7.35. The lowest BCUT2D eigenvalue weighted by Crippen LogP contribution is -2.48. The number of esters is 1. The summed E-state index contributed by atoms with van der Waals surface area (Å²) in [6.07, 6.45) is 2.02. The van der Waals surface area contributed by atoms with Gasteiger partial charge >= 0.3 is 5.97 Å². The Morgan fingerprint density at radius 3 is 2.35 bits per heavy atom. The summed E-state index contributed by atoms with van der Waals surface area (Å²) in [5.41, 5.74) is 6.78. The van der Waals surface area contributed by atoms with Gasteiger partial charge in [0.15, 0.2) is 6.29 Å². The van der Waals surface area contributed by atoms with Gasteiger partial charge in [-0.3, -0.25) is 19.5 Å². The molecule has 10 nitrogen and oxygen atoms in total. The fourth-order valence-corrected chi connectivity index (χ4v) is 7.35. The molecule has 0 spiro atoms. The third-order valence-corrected chi connectivity index (χ3v) is 10.2. The van der Waals surface area contributed by atoms with Gasteiger partial charge in [-0.15, -0.1) is 0 Å². The maximum Gasteiger partial charge on any atom is 0.323 e. The molecule has 7 rings (SSSR count). The lowest BCUT2D eigenvalue weighted by molar-refractivity contribution is -0.276. The average molecular weight is 729 g/mol. The van der Waals surface area contributed by atoms with Gasteiger partial charge < -0.3 is 24.6 Å². The monoisotopic (exact) mass is 728 g/mol. The van der Waals surface area contributed by atoms with Crippen LogP contribution in [0.5, 0.6) is 0 Å². The van der Waals surface area contributed by atoms with Crippen LogP contribution in [0.2, 0.25) is 0 Å². The Morgan fingerprint density at radius 2 is 1.61 bits per heavy atom. The number of hydrogen-bond donors (Lipinski definition) is 2. The lowest BCUT2D eigenvalue weighted by Gasteiger charge is -2.43. The van der Waals surface area contributed by atoms with Gasteiger partial charge in [-0.1, -0.05) is 91.9 Å². The van der Waals surface area contributed by atoms with Gasteiger partial charge in [0, 0.05) is 24.6 Å². The number of nitrogens with zero attached hydrogens (tertiary/aromatic N) is 3. The van der Waals surface area contributed by atoms with E-state index in [2.05, 4.69) is 39.2 Å². The molecule has 1 aromatic heterocycles. The quantitative estimate of drug-likeness (QED) is 0.143. The van der Waals surface area contributed by atoms with Gasteiger partial charge in [0.05, 0.1) is 36.0 Å². The summed E-state index contributed by atoms with van der Waals surface area (Å²) in [5.74, 6) is -0.506. The third kappa shape index (κ3) is 8.53. The molecule has 0 bridgehead atoms. The van der Waals surface area contributed by atoms with Crippen molar-refractivity contribution in [1.29, 1.82) is 0 Å². The van der Waals surface area contributed by atoms with E-state index in [1.54, 1.807) is 0 Å². The Hall–Kier alpha value is -5.00. The highest BCUT2D eigenvalue weighted by Gasteiger charge is 2.42. The van der Waals surface area contributed by atoms with Crippen molar-refractivity contribution >= 4 is 22.9 Å². The average Bonchev–Trinajstić information content (AvgIpc) is 3.65. The van der Waals surface area contributed by atoms with Crippen LogP contribution in [0.4, 0.5) is 0 Å². The van der Waals surface area contributed by atoms with Crippen molar-refractivity contribution < 1.29 is 28.9 Å². The molecule has 10 heteroatoms. The molecular weight excluding hydrogens is 681 g/mol. The SMILES string of the molecule is C[C@@H]1[C@H](CN2CCC[C@H]2C(=O)OC(C)(C)C)O[C@H](c2ccc(-c3ccccc3CNC(=O)c3cnc4ccccc4n3)cc2)O[C@@H]1c1ccc(CO)cc1. The minimum atomic E-state index is -0.650. The van der Waals surface area contributed by atoms with Gasteiger partial charge in [-0.2, -0.15) is 0 Å². The van der Waals surface area contributed by atoms with E-state index in [1.165, 1.54) is 6.20 Å². The molecule has 0 aliphatic carbocycles. The Morgan fingerprint density at radius 1 is 0.907 bits per heavy atom. The van der Waals surface area contributed by atoms with Gasteiger partial charge in [0.1, 0.15) is 17.3 Å². The lowest BCUT2D eigenvalue weighted by atomic mass is 9.89. The van der Waals surface area contributed by atoms with E-state index in [-0.39, 0.29) is 48.3 Å². The Balaban J connectivity index is 1.09. The fraction of sp³-hybridized carbons (Fsp3) is 0.364. The number of amides is 1. The molecule has 54 heavy (non-hydrogen) atoms. The summed E-state index contributed by atoms with van der Waals surface area (Å²) >= 11 is 0. The molecule has 5 aromatic rings. The number of rotatable bonds is 10. The molecule has 2 aliphatic rings. The summed E-state index contributed by atoms with van der Waals surface area (Å²) < 4.78 is 19.3. The first-order valence-corrected chi connectivity index (χ1v) is 18.7. The number of carbonyl (C=O) groups is 2. The molecule has 4 aromatic carbocycles. The number of ether oxygens (including phenoxy) is 3. The maximum atomic E-state index is 13.2. The highest BCUT2D eigenvalue weighted by molar-refractivity contribution is 5.93. The van der Waals surface area contributed by atoms with Gasteiger partial charge in [0.2, 0.25) is 0 Å². The first-order valence-electron chi connectivity index (χ1n) is 18.7. The zero-order valence-corrected chi connectivity index (χ0v) is 31.3. The molecule has 2 aliphatic heterocycles. The molecule has 0 radical (unpaired) electrons. The molecule has 5 atom stereocenters. The number of para-hydroxylation sites is 2. The topological polar surface area (TPSA) is 123 Å². The molecule has 2 saturated heterocycles. The van der Waals surface area contributed by atoms with E-state index in [1.807, 2.05) is 106 Å². The first kappa shape index (κ1) is 37.3. The van der Waals surface area contributed by atoms with Crippen LogP contribution >= 0.6 is 0 Å². The summed E-state index contributed by atoms with van der Waals surface area (Å²) in [7, 11) is 0. The van der Waals surface area contributed by atoms with Crippen LogP contribution in [-0.2, 0) is 32.2 Å². The normalized spacial score (nSPS) is 21.9. The van der Waals surface area contributed by atoms with Crippen LogP contribution < -0.4 is 5.32 Å². The second kappa shape index (κ2) is 16.2. The van der Waals surface area contributed by atoms with Gasteiger partial charge in [0.25, 0.3) is 5.91 Å². The highest BCUT2D eigenvalue weighted by atomic mass is 16.7. The number of aromatic nitrogens is 2. The number of aliphatic hydroxyl groups excluding tert-OH is 1. The van der Waals surface area contributed by atoms with Crippen molar-refractivity contribution in [3.63, 3.8) is 0 Å². The van der Waals surface area contributed by atoms with Crippen LogP contribution in [0, 0.1) is 5.92 Å². The number of aliphatic hydroxyl groups is 1. The first-order chi connectivity index (χ1) is 26.1. The molecule has 3 heterocycles. The summed E-state index contributed by atoms with van der Waals surface area (Å²) in [4.78, 5) is 37.4. The molecule has 280 valence electrons. The second-order valence-electron chi connectivity index (χ2n) is 15.2. The smallest absolute Gasteiger partial charge is 0.323 e. The zero-order chi connectivity index (χ0) is 37.8. The Labute approximate surface area is 316 Å². The molecular formula is C44H48N4O6. The predicted octanol–water partition coefficient (Wildman–Crippen LogP) is 7.32. The molecule has 2 N–H and O–H groups in total. The van der Waals surface area contributed by atoms with Crippen molar-refractivity contribution in [3.05, 3.63) is 131 Å². The summed E-state index contributed by atoms with van der Waals surface area (Å²) in [6.45, 7) is 9.48. The van der Waals surface area contributed by atoms with Crippen LogP contribution in [0.3, 0.4) is 0 Å². The minimum absolute atomic E-state index is 0.0249. The number of nitrogens with one attached hydrogen (secondary N) is 1. The van der Waals surface area contributed by atoms with Crippen LogP contribution in [0.15, 0.2) is 103 Å². The van der Waals surface area contributed by atoms with E-state index < -0.39 is 11.9 Å². The van der Waals surface area contributed by atoms with E-state index in [9.17, 15) is 14.7 Å². The number of carbonyl (C=O) groups excluding carboxylic acids is 2. The number of benzene rings is 4. The number of likely N-dealkylation sites (tertiary alicyclic amines) is 1. The van der Waals surface area contributed by atoms with E-state index in [4.69, 9.17) is 14.2 Å². The van der Waals surface area contributed by atoms with Gasteiger partial charge in [-0.25, -0.2) is 4.98 Å². The molecule has 0 unspecified atom stereocenters. The van der Waals surface area contributed by atoms with E-state index >= 15 is 0 Å². The van der Waals surface area contributed by atoms with Crippen molar-refractivity contribution in [2.45, 2.75) is 83.8 Å². The Bertz CT molecular complexity index is 2080. The van der Waals surface area contributed by atoms with E-state index in [0.717, 1.165) is 58.3 Å². The van der Waals surface area contributed by atoms with Crippen molar-refractivity contribution in [2.24, 2.45) is 5.92 Å². The van der Waals surface area contributed by atoms with Crippen molar-refractivity contribution in [1.82, 2.24) is 20.2 Å². The number of hydrogen-bond acceptors (Lipinski definition) is 9. The third-order valence-electron chi connectivity index (χ3n) is 10.2. The summed E-state index contributed by atoms with van der Waals surface area (Å²) in [5, 5.41) is 12.7. The van der Waals surface area contributed by atoms with Crippen molar-refractivity contribution in [2.75, 3.05) is 13.1 Å². The summed E-state index contributed by atoms with van der Waals surface area (Å²) in [6, 6.07) is 31.2. The van der Waals surface area contributed by atoms with Crippen LogP contribution in [-0.4, -0.2) is 62.7 Å². The van der Waals surface area contributed by atoms with Gasteiger partial charge in [-0.05, 0) is 80.1 Å². The standard InChI is InChI=1S/C44H48N4O6/c1-28-39(26-48-23-9-14-38(48)42(51)54-44(2,3)4)52-43(53-40(28)31-17-15-29(27-49)16-18-31)32-21-19-30(20-22-32)34-11-6-5-10-33(34)24-46-41(50)37-25-45-35-12-7-8-13-36(35)47-37/h5-8,10-13,15-22,25,28,38-40,43,49H,9,14,23-24,26-27H2,1-4H3,(H,46,50)/t28-,38+,39+,40+,43+/m1/s1. The predicted molar refractivity (Wildman–Crippen MR) is 206 cm³/mol. The molecule has 0 saturated carbocycles. The van der Waals surface area contributed by atoms with Crippen molar-refractivity contribution in [3.8, 4) is 11.1 Å². The maximum absolute atomic E-state index is 13.2. The zero-order valence-electron chi connectivity index (χ0n) is 31.3. The van der Waals surface area contributed by atoms with E-state index in [0.29, 0.717) is 18.6 Å². The van der Waals surface area contributed by atoms with Crippen LogP contribution in [0.25, 0.3) is 22.2 Å². The van der Waals surface area contributed by atoms with Crippen LogP contribution in [0.1, 0.15) is 85.7 Å². The Kier molecular flexibility index (Phi) is 11.2. The highest BCUT2D eigenvalue weighted by Crippen LogP contribution is 2.43. The second-order valence-corrected chi connectivity index (χ2v) is 15.2.